The van der Waals surface area contributed by atoms with Gasteiger partial charge in [0.25, 0.3) is 11.8 Å². The summed E-state index contributed by atoms with van der Waals surface area (Å²) in [5.41, 5.74) is 4.85. The van der Waals surface area contributed by atoms with E-state index < -0.39 is 30.3 Å². The number of nitrogens with one attached hydrogen (secondary N) is 3. The van der Waals surface area contributed by atoms with Crippen LogP contribution in [0.3, 0.4) is 0 Å². The topological polar surface area (TPSA) is 204 Å². The van der Waals surface area contributed by atoms with Gasteiger partial charge in [0, 0.05) is 65.3 Å². The molecule has 2 rings (SSSR count). The minimum atomic E-state index is -0.870. The fraction of sp³-hybridized carbons (Fsp3) is 0.778. The van der Waals surface area contributed by atoms with E-state index in [2.05, 4.69) is 16.2 Å². The smallest absolute Gasteiger partial charge is 0.253 e. The van der Waals surface area contributed by atoms with Crippen LogP contribution in [0.2, 0.25) is 0 Å². The van der Waals surface area contributed by atoms with Crippen molar-refractivity contribution < 1.29 is 47.8 Å². The van der Waals surface area contributed by atoms with Gasteiger partial charge < -0.3 is 24.6 Å². The van der Waals surface area contributed by atoms with Crippen molar-refractivity contribution in [2.45, 2.75) is 156 Å². The number of hydrazine groups is 1. The maximum atomic E-state index is 14.4. The van der Waals surface area contributed by atoms with Crippen molar-refractivity contribution in [3.63, 3.8) is 0 Å². The Labute approximate surface area is 369 Å². The van der Waals surface area contributed by atoms with Crippen LogP contribution >= 0.6 is 0 Å². The van der Waals surface area contributed by atoms with E-state index in [9.17, 15) is 38.4 Å². The van der Waals surface area contributed by atoms with E-state index >= 15 is 0 Å². The van der Waals surface area contributed by atoms with E-state index in [0.717, 1.165) is 17.7 Å². The Balaban J connectivity index is 2.00. The largest absolute Gasteiger partial charge is 0.379 e. The predicted octanol–water partition coefficient (Wildman–Crippen LogP) is 3.01. The van der Waals surface area contributed by atoms with Gasteiger partial charge in [-0.3, -0.25) is 59.0 Å². The number of methoxy groups -OCH3 is 2. The van der Waals surface area contributed by atoms with E-state index in [1.807, 2.05) is 53.4 Å². The summed E-state index contributed by atoms with van der Waals surface area (Å²) in [6, 6.07) is -2.21. The Hall–Kier alpha value is -4.22. The molecule has 3 N–H and O–H groups in total. The fourth-order valence-corrected chi connectivity index (χ4v) is 8.65. The zero-order valence-corrected chi connectivity index (χ0v) is 39.5. The number of likely N-dealkylation sites (tertiary alicyclic amines) is 1. The molecule has 352 valence electrons. The molecule has 1 saturated heterocycles. The Morgan fingerprint density at radius 2 is 1.44 bits per heavy atom. The normalized spacial score (nSPS) is 18.7. The number of hydrogen-bond donors (Lipinski definition) is 3. The summed E-state index contributed by atoms with van der Waals surface area (Å²) < 4.78 is 11.8. The second-order valence-electron chi connectivity index (χ2n) is 17.8. The van der Waals surface area contributed by atoms with Gasteiger partial charge in [0.1, 0.15) is 11.8 Å². The Kier molecular flexibility index (Phi) is 23.0. The highest BCUT2D eigenvalue weighted by Crippen LogP contribution is 2.30. The van der Waals surface area contributed by atoms with Crippen LogP contribution in [0.4, 0.5) is 0 Å². The van der Waals surface area contributed by atoms with Crippen LogP contribution in [0.25, 0.3) is 0 Å². The molecule has 0 aliphatic carbocycles. The van der Waals surface area contributed by atoms with Gasteiger partial charge in [-0.2, -0.15) is 0 Å². The third-order valence-electron chi connectivity index (χ3n) is 12.5. The Bertz CT molecular complexity index is 1550. The number of rotatable bonds is 27. The summed E-state index contributed by atoms with van der Waals surface area (Å²) in [6.45, 7) is 16.2. The minimum absolute atomic E-state index is 0.000812. The first-order chi connectivity index (χ1) is 29.2. The molecular formula is C45H77N7O10. The number of carbonyl (C=O) groups is 8. The zero-order valence-electron chi connectivity index (χ0n) is 39.5. The van der Waals surface area contributed by atoms with Crippen molar-refractivity contribution >= 4 is 47.1 Å². The number of nitrogens with zero attached hydrogens (tertiary/aromatic N) is 4. The van der Waals surface area contributed by atoms with Crippen LogP contribution in [-0.4, -0.2) is 151 Å². The number of Topliss-reactive ketones (excluding diaryl/α,β-unsaturated/α-hetero) is 1. The molecule has 2 heterocycles. The molecule has 2 aliphatic rings. The van der Waals surface area contributed by atoms with E-state index in [1.54, 1.807) is 38.1 Å². The van der Waals surface area contributed by atoms with Crippen molar-refractivity contribution in [3.05, 3.63) is 12.2 Å². The van der Waals surface area contributed by atoms with Crippen LogP contribution in [0.1, 0.15) is 120 Å². The third-order valence-corrected chi connectivity index (χ3v) is 12.5. The SMILES string of the molecule is CCC(C)C(C(CC(=O)N1CCCC1C(OC)C(C)C(C)=O)OC)N(C)C(=O)[C@@H](NC(=O)C(C(C)C)N(C)CCCC(=O)NNC(=O)CCCCCN1C(=O)C=CC1=O)C(C)C. The fourth-order valence-electron chi connectivity index (χ4n) is 8.65. The molecule has 2 aliphatic heterocycles. The van der Waals surface area contributed by atoms with Gasteiger partial charge >= 0.3 is 0 Å². The standard InChI is InChI=1S/C45H77N7O10/c1-13-30(6)42(34(61-11)27-39(58)51-26-17-19-33(51)43(62-12)31(7)32(8)53)50(10)45(60)40(28(2)3)46-44(59)41(29(4)5)49(9)24-18-21-36(55)48-47-35(54)20-15-14-16-25-52-37(56)22-23-38(52)57/h22-23,28-31,33-34,40-43H,13-21,24-27H2,1-12H3,(H,46,59)(H,47,54)(H,48,55)/t30?,31?,33?,34?,40-,41?,42?,43?/m0/s1. The summed E-state index contributed by atoms with van der Waals surface area (Å²) in [4.78, 5) is 109. The first kappa shape index (κ1) is 53.9. The summed E-state index contributed by atoms with van der Waals surface area (Å²) in [5, 5.41) is 3.04. The summed E-state index contributed by atoms with van der Waals surface area (Å²) in [6.07, 6.45) is 6.08. The van der Waals surface area contributed by atoms with Crippen LogP contribution in [0.15, 0.2) is 12.2 Å². The van der Waals surface area contributed by atoms with Crippen molar-refractivity contribution in [3.8, 4) is 0 Å². The molecule has 1 fully saturated rings. The molecule has 8 atom stereocenters. The first-order valence-electron chi connectivity index (χ1n) is 22.5. The van der Waals surface area contributed by atoms with Gasteiger partial charge in [-0.15, -0.1) is 0 Å². The average Bonchev–Trinajstić information content (AvgIpc) is 3.83. The Morgan fingerprint density at radius 3 is 1.95 bits per heavy atom. The average molecular weight is 876 g/mol. The summed E-state index contributed by atoms with van der Waals surface area (Å²) >= 11 is 0. The Morgan fingerprint density at radius 1 is 0.839 bits per heavy atom. The van der Waals surface area contributed by atoms with Crippen LogP contribution < -0.4 is 16.2 Å². The maximum absolute atomic E-state index is 14.4. The molecule has 0 bridgehead atoms. The number of ether oxygens (including phenoxy) is 2. The molecule has 7 unspecified atom stereocenters. The van der Waals surface area contributed by atoms with Gasteiger partial charge in [0.05, 0.1) is 36.8 Å². The van der Waals surface area contributed by atoms with E-state index in [0.29, 0.717) is 51.7 Å². The lowest BCUT2D eigenvalue weighted by molar-refractivity contribution is -0.147. The number of ketones is 1. The highest BCUT2D eigenvalue weighted by atomic mass is 16.5. The van der Waals surface area contributed by atoms with E-state index in [-0.39, 0.29) is 96.1 Å². The van der Waals surface area contributed by atoms with Crippen LogP contribution in [-0.2, 0) is 47.8 Å². The quantitative estimate of drug-likeness (QED) is 0.0622. The molecule has 7 amide bonds. The van der Waals surface area contributed by atoms with Gasteiger partial charge in [-0.1, -0.05) is 61.3 Å². The molecule has 17 nitrogen and oxygen atoms in total. The zero-order chi connectivity index (χ0) is 46.8. The van der Waals surface area contributed by atoms with Crippen LogP contribution in [0, 0.1) is 23.7 Å². The van der Waals surface area contributed by atoms with E-state index in [1.165, 1.54) is 19.1 Å². The number of unbranched alkanes of at least 4 members (excludes halogenated alkanes) is 2. The minimum Gasteiger partial charge on any atom is -0.379 e. The highest BCUT2D eigenvalue weighted by molar-refractivity contribution is 6.12. The molecule has 0 aromatic rings. The highest BCUT2D eigenvalue weighted by Gasteiger charge is 2.43. The number of likely N-dealkylation sites (N-methyl/N-ethyl adjacent to an activating group) is 2. The lowest BCUT2D eigenvalue weighted by Crippen LogP contribution is -2.60. The van der Waals surface area contributed by atoms with Crippen molar-refractivity contribution in [2.24, 2.45) is 23.7 Å². The molecule has 0 spiro atoms. The number of imide groups is 1. The van der Waals surface area contributed by atoms with Crippen molar-refractivity contribution in [1.82, 2.24) is 35.8 Å². The summed E-state index contributed by atoms with van der Waals surface area (Å²) in [7, 11) is 6.62. The second-order valence-corrected chi connectivity index (χ2v) is 17.8. The monoisotopic (exact) mass is 876 g/mol. The molecule has 0 saturated carbocycles. The lowest BCUT2D eigenvalue weighted by atomic mass is 9.89. The van der Waals surface area contributed by atoms with Crippen molar-refractivity contribution in [2.75, 3.05) is 47.9 Å². The molecule has 0 aromatic carbocycles. The van der Waals surface area contributed by atoms with Crippen molar-refractivity contribution in [1.29, 1.82) is 0 Å². The maximum Gasteiger partial charge on any atom is 0.253 e. The number of carbonyl (C=O) groups excluding carboxylic acids is 8. The molecule has 0 radical (unpaired) electrons. The number of hydrogen-bond acceptors (Lipinski definition) is 11. The molecule has 0 aromatic heterocycles. The van der Waals surface area contributed by atoms with Crippen LogP contribution in [0.5, 0.6) is 0 Å². The molecule has 62 heavy (non-hydrogen) atoms. The van der Waals surface area contributed by atoms with Gasteiger partial charge in [0.15, 0.2) is 0 Å². The van der Waals surface area contributed by atoms with Gasteiger partial charge in [-0.25, -0.2) is 0 Å². The van der Waals surface area contributed by atoms with Gasteiger partial charge in [-0.05, 0) is 70.4 Å². The van der Waals surface area contributed by atoms with Gasteiger partial charge in [0.2, 0.25) is 29.5 Å². The molecule has 17 heteroatoms. The predicted molar refractivity (Wildman–Crippen MR) is 235 cm³/mol. The summed E-state index contributed by atoms with van der Waals surface area (Å²) in [5.74, 6) is -2.96. The third kappa shape index (κ3) is 15.5. The second kappa shape index (κ2) is 26.4. The molecular weight excluding hydrogens is 799 g/mol. The first-order valence-corrected chi connectivity index (χ1v) is 22.5. The van der Waals surface area contributed by atoms with E-state index in [4.69, 9.17) is 9.47 Å². The number of amides is 7. The lowest BCUT2D eigenvalue weighted by Gasteiger charge is -2.41.